The van der Waals surface area contributed by atoms with Gasteiger partial charge >= 0.3 is 11.9 Å². The number of fused-ring (bicyclic) bond motifs is 1. The lowest BCUT2D eigenvalue weighted by molar-refractivity contribution is 0.0415. The number of thioether (sulfide) groups is 1. The molecule has 0 aliphatic carbocycles. The molecule has 34 heavy (non-hydrogen) atoms. The molecular weight excluding hydrogens is 446 g/mol. The average molecular weight is 472 g/mol. The maximum Gasteiger partial charge on any atom is 0.339 e. The molecule has 2 heterocycles. The van der Waals surface area contributed by atoms with Gasteiger partial charge in [0.05, 0.1) is 17.7 Å². The molecule has 0 radical (unpaired) electrons. The minimum Gasteiger partial charge on any atom is -0.462 e. The molecule has 172 valence electrons. The van der Waals surface area contributed by atoms with Crippen LogP contribution < -0.4 is 0 Å². The predicted molar refractivity (Wildman–Crippen MR) is 132 cm³/mol. The van der Waals surface area contributed by atoms with Crippen LogP contribution in [0.3, 0.4) is 0 Å². The first-order valence-electron chi connectivity index (χ1n) is 11.1. The number of rotatable bonds is 4. The van der Waals surface area contributed by atoms with Crippen molar-refractivity contribution >= 4 is 23.7 Å². The molecule has 0 unspecified atom stereocenters. The van der Waals surface area contributed by atoms with Crippen LogP contribution in [0.4, 0.5) is 0 Å². The summed E-state index contributed by atoms with van der Waals surface area (Å²) >= 11 is 1.57. The summed E-state index contributed by atoms with van der Waals surface area (Å²) in [6, 6.07) is 18.5. The van der Waals surface area contributed by atoms with E-state index in [1.54, 1.807) is 43.0 Å². The number of hydrogen-bond acceptors (Lipinski definition) is 6. The summed E-state index contributed by atoms with van der Waals surface area (Å²) < 4.78 is 10.8. The quantitative estimate of drug-likeness (QED) is 0.364. The average Bonchev–Trinajstić information content (AvgIpc) is 2.83. The highest BCUT2D eigenvalue weighted by atomic mass is 32.2. The van der Waals surface area contributed by atoms with Gasteiger partial charge < -0.3 is 9.47 Å². The van der Waals surface area contributed by atoms with Crippen molar-refractivity contribution in [1.29, 1.82) is 0 Å². The summed E-state index contributed by atoms with van der Waals surface area (Å²) in [4.78, 5) is 29.6. The van der Waals surface area contributed by atoms with Gasteiger partial charge in [0.25, 0.3) is 0 Å². The van der Waals surface area contributed by atoms with Crippen molar-refractivity contribution in [2.45, 2.75) is 42.9 Å². The molecule has 0 fully saturated rings. The van der Waals surface area contributed by atoms with E-state index >= 15 is 0 Å². The summed E-state index contributed by atoms with van der Waals surface area (Å²) in [5, 5.41) is 0. The van der Waals surface area contributed by atoms with E-state index in [0.717, 1.165) is 10.5 Å². The Morgan fingerprint density at radius 3 is 2.53 bits per heavy atom. The molecule has 1 atom stereocenters. The van der Waals surface area contributed by atoms with Gasteiger partial charge in [0.2, 0.25) is 0 Å². The van der Waals surface area contributed by atoms with Crippen LogP contribution in [0.15, 0.2) is 71.8 Å². The van der Waals surface area contributed by atoms with E-state index in [2.05, 4.69) is 36.7 Å². The Kier molecular flexibility index (Phi) is 7.04. The SMILES string of the molecule is CCOC(=O)c1ccc(C#Cc2ccc3c(c2)C(C)(C)C[C@H](OC(=O)c2ccccc2)S3)nc1. The normalized spacial score (nSPS) is 15.9. The standard InChI is InChI=1S/C28H25NO4S/c1-4-32-26(30)21-12-14-22(29-18-21)13-10-19-11-15-24-23(16-19)28(2,3)17-25(34-24)33-27(31)20-8-6-5-7-9-20/h5-9,11-12,14-16,18,25H,4,17H2,1-3H3/t25-/m1/s1. The molecule has 0 N–H and O–H groups in total. The van der Waals surface area contributed by atoms with E-state index in [1.807, 2.05) is 30.3 Å². The first kappa shape index (κ1) is 23.6. The van der Waals surface area contributed by atoms with Crippen molar-refractivity contribution in [1.82, 2.24) is 4.98 Å². The molecule has 1 aliphatic heterocycles. The van der Waals surface area contributed by atoms with Gasteiger partial charge in [0, 0.05) is 23.1 Å². The second kappa shape index (κ2) is 10.1. The summed E-state index contributed by atoms with van der Waals surface area (Å²) in [5.41, 5.74) is 3.16. The molecule has 5 nitrogen and oxygen atoms in total. The predicted octanol–water partition coefficient (Wildman–Crippen LogP) is 5.61. The molecule has 0 amide bonds. The number of ether oxygens (including phenoxy) is 2. The minimum absolute atomic E-state index is 0.181. The first-order chi connectivity index (χ1) is 16.4. The number of carbonyl (C=O) groups excluding carboxylic acids is 2. The molecule has 1 aliphatic rings. The molecule has 0 saturated heterocycles. The number of nitrogens with zero attached hydrogens (tertiary/aromatic N) is 1. The molecule has 0 spiro atoms. The number of aromatic nitrogens is 1. The molecule has 2 aromatic carbocycles. The number of carbonyl (C=O) groups is 2. The number of esters is 2. The third kappa shape index (κ3) is 5.49. The fourth-order valence-corrected chi connectivity index (χ4v) is 5.24. The highest BCUT2D eigenvalue weighted by molar-refractivity contribution is 7.99. The van der Waals surface area contributed by atoms with Crippen LogP contribution in [0, 0.1) is 11.8 Å². The van der Waals surface area contributed by atoms with Gasteiger partial charge in [-0.15, -0.1) is 0 Å². The zero-order chi connectivity index (χ0) is 24.1. The van der Waals surface area contributed by atoms with Gasteiger partial charge in [-0.05, 0) is 66.3 Å². The highest BCUT2D eigenvalue weighted by Crippen LogP contribution is 2.46. The van der Waals surface area contributed by atoms with Gasteiger partial charge in [0.1, 0.15) is 5.69 Å². The van der Waals surface area contributed by atoms with Crippen molar-refractivity contribution < 1.29 is 19.1 Å². The largest absolute Gasteiger partial charge is 0.462 e. The van der Waals surface area contributed by atoms with Crippen molar-refractivity contribution in [2.24, 2.45) is 0 Å². The third-order valence-corrected chi connectivity index (χ3v) is 6.64. The number of pyridine rings is 1. The maximum absolute atomic E-state index is 12.5. The molecule has 4 rings (SSSR count). The second-order valence-corrected chi connectivity index (χ2v) is 9.72. The lowest BCUT2D eigenvalue weighted by atomic mass is 9.80. The molecule has 0 saturated carbocycles. The summed E-state index contributed by atoms with van der Waals surface area (Å²) in [6.07, 6.45) is 2.18. The van der Waals surface area contributed by atoms with E-state index in [-0.39, 0.29) is 16.8 Å². The smallest absolute Gasteiger partial charge is 0.339 e. The minimum atomic E-state index is -0.392. The Bertz CT molecular complexity index is 1260. The van der Waals surface area contributed by atoms with E-state index in [9.17, 15) is 9.59 Å². The molecule has 3 aromatic rings. The topological polar surface area (TPSA) is 65.5 Å². The van der Waals surface area contributed by atoms with Crippen LogP contribution in [0.1, 0.15) is 64.7 Å². The monoisotopic (exact) mass is 471 g/mol. The van der Waals surface area contributed by atoms with Crippen LogP contribution in [0.2, 0.25) is 0 Å². The molecule has 0 bridgehead atoms. The Hall–Kier alpha value is -3.56. The lowest BCUT2D eigenvalue weighted by Gasteiger charge is -2.36. The lowest BCUT2D eigenvalue weighted by Crippen LogP contribution is -2.31. The Morgan fingerprint density at radius 2 is 1.82 bits per heavy atom. The van der Waals surface area contributed by atoms with Crippen molar-refractivity contribution in [3.63, 3.8) is 0 Å². The first-order valence-corrected chi connectivity index (χ1v) is 12.0. The van der Waals surface area contributed by atoms with Gasteiger partial charge in [-0.1, -0.05) is 49.7 Å². The van der Waals surface area contributed by atoms with E-state index in [1.165, 1.54) is 11.8 Å². The third-order valence-electron chi connectivity index (χ3n) is 5.50. The number of hydrogen-bond donors (Lipinski definition) is 0. The molecular formula is C28H25NO4S. The maximum atomic E-state index is 12.5. The van der Waals surface area contributed by atoms with Gasteiger partial charge in [-0.25, -0.2) is 14.6 Å². The van der Waals surface area contributed by atoms with Crippen LogP contribution in [-0.2, 0) is 14.9 Å². The second-order valence-electron chi connectivity index (χ2n) is 8.52. The van der Waals surface area contributed by atoms with Gasteiger partial charge in [-0.3, -0.25) is 0 Å². The fourth-order valence-electron chi connectivity index (χ4n) is 3.72. The van der Waals surface area contributed by atoms with Crippen molar-refractivity contribution in [3.05, 3.63) is 94.8 Å². The highest BCUT2D eigenvalue weighted by Gasteiger charge is 2.35. The summed E-state index contributed by atoms with van der Waals surface area (Å²) in [6.45, 7) is 6.40. The fraction of sp³-hybridized carbons (Fsp3) is 0.250. The van der Waals surface area contributed by atoms with Crippen molar-refractivity contribution in [3.8, 4) is 11.8 Å². The Morgan fingerprint density at radius 1 is 1.03 bits per heavy atom. The van der Waals surface area contributed by atoms with E-state index in [4.69, 9.17) is 9.47 Å². The zero-order valence-corrected chi connectivity index (χ0v) is 20.1. The van der Waals surface area contributed by atoms with Crippen LogP contribution in [-0.4, -0.2) is 29.0 Å². The van der Waals surface area contributed by atoms with E-state index < -0.39 is 5.97 Å². The summed E-state index contributed by atoms with van der Waals surface area (Å²) in [5.74, 6) is 5.52. The van der Waals surface area contributed by atoms with Crippen LogP contribution in [0.5, 0.6) is 0 Å². The van der Waals surface area contributed by atoms with Gasteiger partial charge in [-0.2, -0.15) is 0 Å². The molecule has 6 heteroatoms. The zero-order valence-electron chi connectivity index (χ0n) is 19.3. The van der Waals surface area contributed by atoms with Crippen molar-refractivity contribution in [2.75, 3.05) is 6.61 Å². The Balaban J connectivity index is 1.48. The van der Waals surface area contributed by atoms with Gasteiger partial charge in [0.15, 0.2) is 5.44 Å². The van der Waals surface area contributed by atoms with Crippen LogP contribution >= 0.6 is 11.8 Å². The number of benzene rings is 2. The molecule has 1 aromatic heterocycles. The van der Waals surface area contributed by atoms with E-state index in [0.29, 0.717) is 29.8 Å². The van der Waals surface area contributed by atoms with Crippen LogP contribution in [0.25, 0.3) is 0 Å². The summed E-state index contributed by atoms with van der Waals surface area (Å²) in [7, 11) is 0. The Labute approximate surface area is 203 Å².